The van der Waals surface area contributed by atoms with Crippen molar-refractivity contribution in [3.8, 4) is 0 Å². The van der Waals surface area contributed by atoms with Crippen molar-refractivity contribution in [1.82, 2.24) is 4.57 Å². The summed E-state index contributed by atoms with van der Waals surface area (Å²) in [6, 6.07) is 1.17. The Bertz CT molecular complexity index is 460. The summed E-state index contributed by atoms with van der Waals surface area (Å²) < 4.78 is 27.6. The number of hydrogen-bond acceptors (Lipinski definition) is 4. The van der Waals surface area contributed by atoms with Crippen LogP contribution >= 0.6 is 0 Å². The Balaban J connectivity index is 3.25. The van der Waals surface area contributed by atoms with Gasteiger partial charge in [0.1, 0.15) is 10.6 Å². The van der Waals surface area contributed by atoms with Gasteiger partial charge in [0.15, 0.2) is 0 Å². The zero-order valence-electron chi connectivity index (χ0n) is 7.72. The Labute approximate surface area is 81.3 Å². The number of ether oxygens (including phenoxy) is 1. The van der Waals surface area contributed by atoms with Crippen LogP contribution in [0.3, 0.4) is 0 Å². The normalized spacial score (nSPS) is 11.4. The number of nitrogens with two attached hydrogens (primary N) is 1. The highest BCUT2D eigenvalue weighted by Crippen LogP contribution is 2.12. The lowest BCUT2D eigenvalue weighted by Gasteiger charge is -1.98. The fourth-order valence-electron chi connectivity index (χ4n) is 0.997. The molecule has 0 unspecified atom stereocenters. The Morgan fingerprint density at radius 1 is 1.57 bits per heavy atom. The number of hydrogen-bond donors (Lipinski definition) is 1. The molecule has 0 fully saturated rings. The van der Waals surface area contributed by atoms with Gasteiger partial charge in [0.2, 0.25) is 10.0 Å². The van der Waals surface area contributed by atoms with Gasteiger partial charge in [-0.1, -0.05) is 0 Å². The molecule has 0 aromatic carbocycles. The number of nitrogens with zero attached hydrogens (tertiary/aromatic N) is 1. The van der Waals surface area contributed by atoms with E-state index in [1.807, 2.05) is 0 Å². The second kappa shape index (κ2) is 3.43. The Kier molecular flexibility index (Phi) is 2.63. The Morgan fingerprint density at radius 2 is 2.14 bits per heavy atom. The summed E-state index contributed by atoms with van der Waals surface area (Å²) in [4.78, 5) is 11.0. The van der Waals surface area contributed by atoms with E-state index in [2.05, 4.69) is 4.74 Å². The van der Waals surface area contributed by atoms with Crippen LogP contribution < -0.4 is 5.14 Å². The highest BCUT2D eigenvalue weighted by molar-refractivity contribution is 7.89. The third kappa shape index (κ3) is 1.94. The van der Waals surface area contributed by atoms with E-state index in [9.17, 15) is 13.2 Å². The first-order valence-corrected chi connectivity index (χ1v) is 5.18. The highest BCUT2D eigenvalue weighted by atomic mass is 32.2. The molecule has 0 amide bonds. The summed E-state index contributed by atoms with van der Waals surface area (Å²) in [5, 5.41) is 4.89. The van der Waals surface area contributed by atoms with Gasteiger partial charge in [0.25, 0.3) is 0 Å². The zero-order chi connectivity index (χ0) is 10.9. The van der Waals surface area contributed by atoms with E-state index in [-0.39, 0.29) is 10.6 Å². The lowest BCUT2D eigenvalue weighted by Crippen LogP contribution is -2.11. The first-order valence-electron chi connectivity index (χ1n) is 3.63. The predicted octanol–water partition coefficient (Wildman–Crippen LogP) is -0.541. The maximum atomic E-state index is 11.1. The monoisotopic (exact) mass is 218 g/mol. The van der Waals surface area contributed by atoms with Crippen molar-refractivity contribution in [1.29, 1.82) is 0 Å². The molecule has 2 N–H and O–H groups in total. The minimum Gasteiger partial charge on any atom is -0.464 e. The summed E-state index contributed by atoms with van der Waals surface area (Å²) in [5.41, 5.74) is 0.136. The second-order valence-corrected chi connectivity index (χ2v) is 4.27. The van der Waals surface area contributed by atoms with Crippen LogP contribution in [0.4, 0.5) is 0 Å². The molecule has 0 radical (unpaired) electrons. The molecule has 14 heavy (non-hydrogen) atoms. The third-order valence-electron chi connectivity index (χ3n) is 1.70. The van der Waals surface area contributed by atoms with E-state index in [1.165, 1.54) is 31.0 Å². The van der Waals surface area contributed by atoms with E-state index in [1.54, 1.807) is 0 Å². The molecular formula is C7H10N2O4S. The predicted molar refractivity (Wildman–Crippen MR) is 48.1 cm³/mol. The van der Waals surface area contributed by atoms with Crippen molar-refractivity contribution in [2.75, 3.05) is 7.11 Å². The molecule has 1 aromatic rings. The van der Waals surface area contributed by atoms with Crippen LogP contribution in [0.2, 0.25) is 0 Å². The summed E-state index contributed by atoms with van der Waals surface area (Å²) >= 11 is 0. The number of primary sulfonamides is 1. The van der Waals surface area contributed by atoms with Crippen LogP contribution in [0, 0.1) is 0 Å². The fourth-order valence-corrected chi connectivity index (χ4v) is 1.58. The average Bonchev–Trinajstić information content (AvgIpc) is 2.45. The highest BCUT2D eigenvalue weighted by Gasteiger charge is 2.17. The third-order valence-corrected chi connectivity index (χ3v) is 2.58. The topological polar surface area (TPSA) is 91.4 Å². The summed E-state index contributed by atoms with van der Waals surface area (Å²) in [6.45, 7) is 0. The van der Waals surface area contributed by atoms with Gasteiger partial charge in [-0.3, -0.25) is 0 Å². The van der Waals surface area contributed by atoms with E-state index in [0.717, 1.165) is 0 Å². The van der Waals surface area contributed by atoms with E-state index >= 15 is 0 Å². The van der Waals surface area contributed by atoms with Crippen molar-refractivity contribution in [2.24, 2.45) is 12.2 Å². The molecule has 1 heterocycles. The van der Waals surface area contributed by atoms with Gasteiger partial charge >= 0.3 is 5.97 Å². The number of sulfonamides is 1. The molecule has 78 valence electrons. The van der Waals surface area contributed by atoms with Crippen molar-refractivity contribution in [3.05, 3.63) is 18.0 Å². The first-order chi connectivity index (χ1) is 6.36. The van der Waals surface area contributed by atoms with Crippen LogP contribution in [0.5, 0.6) is 0 Å². The maximum Gasteiger partial charge on any atom is 0.354 e. The van der Waals surface area contributed by atoms with Gasteiger partial charge in [-0.05, 0) is 6.07 Å². The summed E-state index contributed by atoms with van der Waals surface area (Å²) in [7, 11) is -1.03. The standard InChI is InChI=1S/C7H10N2O4S/c1-9-4-5(14(8,11)12)3-6(9)7(10)13-2/h3-4H,1-2H3,(H2,8,11,12). The van der Waals surface area contributed by atoms with Gasteiger partial charge < -0.3 is 9.30 Å². The van der Waals surface area contributed by atoms with Crippen LogP contribution in [0.25, 0.3) is 0 Å². The number of esters is 1. The van der Waals surface area contributed by atoms with Crippen LogP contribution in [-0.2, 0) is 21.8 Å². The van der Waals surface area contributed by atoms with Crippen molar-refractivity contribution in [2.45, 2.75) is 4.90 Å². The van der Waals surface area contributed by atoms with E-state index < -0.39 is 16.0 Å². The molecule has 0 spiro atoms. The van der Waals surface area contributed by atoms with Crippen molar-refractivity contribution < 1.29 is 17.9 Å². The number of carbonyl (C=O) groups excluding carboxylic acids is 1. The van der Waals surface area contributed by atoms with Gasteiger partial charge in [-0.15, -0.1) is 0 Å². The van der Waals surface area contributed by atoms with Crippen molar-refractivity contribution in [3.63, 3.8) is 0 Å². The lowest BCUT2D eigenvalue weighted by molar-refractivity contribution is 0.0590. The molecule has 0 atom stereocenters. The largest absolute Gasteiger partial charge is 0.464 e. The molecule has 0 aliphatic carbocycles. The number of rotatable bonds is 2. The van der Waals surface area contributed by atoms with Crippen LogP contribution in [0.1, 0.15) is 10.5 Å². The molecule has 0 aliphatic heterocycles. The molecule has 1 aromatic heterocycles. The number of methoxy groups -OCH3 is 1. The molecule has 0 aliphatic rings. The number of aromatic nitrogens is 1. The number of aryl methyl sites for hydroxylation is 1. The minimum absolute atomic E-state index is 0.111. The second-order valence-electron chi connectivity index (χ2n) is 2.71. The van der Waals surface area contributed by atoms with Crippen LogP contribution in [-0.4, -0.2) is 26.1 Å². The summed E-state index contributed by atoms with van der Waals surface area (Å²) in [6.07, 6.45) is 1.25. The molecule has 7 heteroatoms. The molecule has 0 saturated carbocycles. The minimum atomic E-state index is -3.77. The SMILES string of the molecule is COC(=O)c1cc(S(N)(=O)=O)cn1C. The van der Waals surface area contributed by atoms with Gasteiger partial charge in [-0.25, -0.2) is 18.4 Å². The van der Waals surface area contributed by atoms with Crippen LogP contribution in [0.15, 0.2) is 17.2 Å². The fraction of sp³-hybridized carbons (Fsp3) is 0.286. The molecule has 1 rings (SSSR count). The van der Waals surface area contributed by atoms with Gasteiger partial charge in [0, 0.05) is 13.2 Å². The van der Waals surface area contributed by atoms with Gasteiger partial charge in [0.05, 0.1) is 7.11 Å². The first kappa shape index (κ1) is 10.7. The van der Waals surface area contributed by atoms with Crippen molar-refractivity contribution >= 4 is 16.0 Å². The van der Waals surface area contributed by atoms with E-state index in [4.69, 9.17) is 5.14 Å². The maximum absolute atomic E-state index is 11.1. The lowest BCUT2D eigenvalue weighted by atomic mass is 10.4. The average molecular weight is 218 g/mol. The smallest absolute Gasteiger partial charge is 0.354 e. The zero-order valence-corrected chi connectivity index (χ0v) is 8.54. The quantitative estimate of drug-likeness (QED) is 0.675. The Morgan fingerprint density at radius 3 is 2.50 bits per heavy atom. The molecule has 0 saturated heterocycles. The number of carbonyl (C=O) groups is 1. The molecule has 0 bridgehead atoms. The van der Waals surface area contributed by atoms with E-state index in [0.29, 0.717) is 0 Å². The van der Waals surface area contributed by atoms with Gasteiger partial charge in [-0.2, -0.15) is 0 Å². The molecular weight excluding hydrogens is 208 g/mol. The molecule has 6 nitrogen and oxygen atoms in total. The Hall–Kier alpha value is -1.34. The summed E-state index contributed by atoms with van der Waals surface area (Å²) in [5.74, 6) is -0.609.